The second-order valence-electron chi connectivity index (χ2n) is 10.6. The Morgan fingerprint density at radius 1 is 0.452 bits per heavy atom. The molecule has 0 radical (unpaired) electrons. The Balaban J connectivity index is 2.15. The van der Waals surface area contributed by atoms with Crippen molar-refractivity contribution < 1.29 is 58.8 Å². The molecule has 3 amide bonds. The van der Waals surface area contributed by atoms with Crippen molar-refractivity contribution in [2.75, 3.05) is 0 Å². The normalized spacial score (nSPS) is 27.3. The minimum Gasteiger partial charge on any atom is -0.472 e. The van der Waals surface area contributed by atoms with Crippen LogP contribution in [0.15, 0.2) is 0 Å². The van der Waals surface area contributed by atoms with Crippen LogP contribution in [0.2, 0.25) is 0 Å². The van der Waals surface area contributed by atoms with Gasteiger partial charge in [0.05, 0.1) is 0 Å². The highest BCUT2D eigenvalue weighted by Gasteiger charge is 2.69. The summed E-state index contributed by atoms with van der Waals surface area (Å²) in [6, 6.07) is 0. The monoisotopic (exact) mass is 579 g/mol. The molecule has 0 spiro atoms. The Morgan fingerprint density at radius 2 is 0.738 bits per heavy atom. The summed E-state index contributed by atoms with van der Waals surface area (Å²) in [6.45, 7) is 0. The maximum absolute atomic E-state index is 12.8. The van der Waals surface area contributed by atoms with Gasteiger partial charge in [-0.2, -0.15) is 0 Å². The van der Waals surface area contributed by atoms with E-state index in [1.54, 1.807) is 23.7 Å². The van der Waals surface area contributed by atoms with E-state index in [1.807, 2.05) is 23.7 Å². The predicted molar refractivity (Wildman–Crippen MR) is 134 cm³/mol. The topological polar surface area (TPSA) is 254 Å². The van der Waals surface area contributed by atoms with Crippen LogP contribution < -0.4 is 16.0 Å². The van der Waals surface area contributed by atoms with Gasteiger partial charge >= 0.3 is 23.9 Å². The highest BCUT2D eigenvalue weighted by atomic mass is 16.4. The van der Waals surface area contributed by atoms with Gasteiger partial charge in [0, 0.05) is 64.5 Å². The molecule has 216 valence electrons. The first kappa shape index (κ1) is 30.7. The van der Waals surface area contributed by atoms with Gasteiger partial charge in [-0.1, -0.05) is 0 Å². The SMILES string of the molecule is O=C(O)C#CC(=O)CC12CC3(NC(=O)C#CC(=O)O)CC(NC(=O)C#CC(=O)O)(C1)CC(NC(=O)C#CC(=O)O)(C2)C3. The van der Waals surface area contributed by atoms with E-state index >= 15 is 0 Å². The van der Waals surface area contributed by atoms with Crippen molar-refractivity contribution in [1.82, 2.24) is 16.0 Å². The zero-order valence-corrected chi connectivity index (χ0v) is 21.5. The quantitative estimate of drug-likeness (QED) is 0.129. The number of carbonyl (C=O) groups excluding carboxylic acids is 4. The van der Waals surface area contributed by atoms with E-state index in [4.69, 9.17) is 20.4 Å². The molecular weight excluding hydrogens is 558 g/mol. The smallest absolute Gasteiger partial charge is 0.382 e. The molecule has 0 aromatic rings. The van der Waals surface area contributed by atoms with Gasteiger partial charge in [0.2, 0.25) is 5.78 Å². The van der Waals surface area contributed by atoms with Crippen molar-refractivity contribution >= 4 is 47.4 Å². The second-order valence-corrected chi connectivity index (χ2v) is 10.6. The average Bonchev–Trinajstić information content (AvgIpc) is 2.81. The van der Waals surface area contributed by atoms with Crippen LogP contribution in [-0.4, -0.2) is 84.4 Å². The summed E-state index contributed by atoms with van der Waals surface area (Å²) >= 11 is 0. The molecule has 7 N–H and O–H groups in total. The highest BCUT2D eigenvalue weighted by Crippen LogP contribution is 2.65. The molecule has 4 fully saturated rings. The number of hydrogen-bond acceptors (Lipinski definition) is 8. The number of carboxylic acids is 4. The van der Waals surface area contributed by atoms with Gasteiger partial charge in [0.25, 0.3) is 17.7 Å². The van der Waals surface area contributed by atoms with E-state index in [-0.39, 0.29) is 44.9 Å². The van der Waals surface area contributed by atoms with E-state index in [1.165, 1.54) is 0 Å². The van der Waals surface area contributed by atoms with E-state index < -0.39 is 69.4 Å². The molecule has 0 atom stereocenters. The van der Waals surface area contributed by atoms with E-state index in [0.29, 0.717) is 0 Å². The van der Waals surface area contributed by atoms with Gasteiger partial charge in [-0.25, -0.2) is 19.2 Å². The summed E-state index contributed by atoms with van der Waals surface area (Å²) in [4.78, 5) is 94.3. The molecule has 0 heterocycles. The molecule has 4 rings (SSSR count). The minimum atomic E-state index is -1.59. The van der Waals surface area contributed by atoms with E-state index in [0.717, 1.165) is 0 Å². The van der Waals surface area contributed by atoms with E-state index in [2.05, 4.69) is 16.0 Å². The number of nitrogens with one attached hydrogen (secondary N) is 3. The maximum Gasteiger partial charge on any atom is 0.382 e. The number of ketones is 1. The second kappa shape index (κ2) is 11.4. The van der Waals surface area contributed by atoms with Crippen molar-refractivity contribution in [1.29, 1.82) is 0 Å². The first-order chi connectivity index (χ1) is 19.5. The molecule has 0 unspecified atom stereocenters. The summed E-state index contributed by atoms with van der Waals surface area (Å²) in [5.74, 6) is 4.29. The Labute approximate surface area is 236 Å². The van der Waals surface area contributed by atoms with Crippen LogP contribution in [0.4, 0.5) is 0 Å². The van der Waals surface area contributed by atoms with Crippen LogP contribution >= 0.6 is 0 Å². The number of hydrogen-bond donors (Lipinski definition) is 7. The summed E-state index contributed by atoms with van der Waals surface area (Å²) in [6.07, 6.45) is -0.363. The lowest BCUT2D eigenvalue weighted by molar-refractivity contribution is -0.153. The molecule has 4 aliphatic rings. The number of rotatable bonds is 5. The first-order valence-electron chi connectivity index (χ1n) is 12.0. The lowest BCUT2D eigenvalue weighted by Crippen LogP contribution is -2.79. The fraction of sp³-hybridized carbons (Fsp3) is 0.407. The predicted octanol–water partition coefficient (Wildman–Crippen LogP) is -2.77. The summed E-state index contributed by atoms with van der Waals surface area (Å²) in [7, 11) is 0. The molecule has 0 saturated heterocycles. The lowest BCUT2D eigenvalue weighted by Gasteiger charge is -2.70. The van der Waals surface area contributed by atoms with Crippen molar-refractivity contribution in [2.24, 2.45) is 5.41 Å². The van der Waals surface area contributed by atoms with Crippen molar-refractivity contribution in [3.8, 4) is 47.4 Å². The molecule has 0 aliphatic heterocycles. The van der Waals surface area contributed by atoms with Gasteiger partial charge in [-0.3, -0.25) is 19.2 Å². The van der Waals surface area contributed by atoms with Crippen LogP contribution in [0.5, 0.6) is 0 Å². The molecule has 4 bridgehead atoms. The third-order valence-corrected chi connectivity index (χ3v) is 7.00. The summed E-state index contributed by atoms with van der Waals surface area (Å²) in [5, 5.41) is 43.3. The zero-order chi connectivity index (χ0) is 31.3. The Bertz CT molecular complexity index is 1310. The number of carbonyl (C=O) groups is 8. The molecular formula is C27H21N3O12. The van der Waals surface area contributed by atoms with E-state index in [9.17, 15) is 38.4 Å². The van der Waals surface area contributed by atoms with Crippen LogP contribution in [-0.2, 0) is 38.4 Å². The Morgan fingerprint density at radius 3 is 1.02 bits per heavy atom. The Kier molecular flexibility index (Phi) is 8.31. The molecule has 0 aromatic carbocycles. The van der Waals surface area contributed by atoms with Gasteiger partial charge in [0.1, 0.15) is 0 Å². The van der Waals surface area contributed by atoms with Crippen molar-refractivity contribution in [2.45, 2.75) is 61.6 Å². The van der Waals surface area contributed by atoms with Gasteiger partial charge in [-0.15, -0.1) is 0 Å². The lowest BCUT2D eigenvalue weighted by atomic mass is 9.41. The van der Waals surface area contributed by atoms with Crippen LogP contribution in [0.25, 0.3) is 0 Å². The highest BCUT2D eigenvalue weighted by molar-refractivity contribution is 6.03. The Hall–Kier alpha value is -5.80. The number of carboxylic acid groups (broad SMARTS) is 4. The summed E-state index contributed by atoms with van der Waals surface area (Å²) < 4.78 is 0. The number of Topliss-reactive ketones (excluding diaryl/α,β-unsaturated/α-hetero) is 1. The van der Waals surface area contributed by atoms with Crippen LogP contribution in [0.1, 0.15) is 44.9 Å². The maximum atomic E-state index is 12.8. The average molecular weight is 579 g/mol. The van der Waals surface area contributed by atoms with Gasteiger partial charge in [0.15, 0.2) is 0 Å². The molecule has 0 aromatic heterocycles. The standard InChI is InChI=1S/C27H21N3O12/c31-16(1-5-20(35)36)9-24-10-25(28-17(32)2-6-21(37)38)13-26(11-24,29-18(33)3-7-22(39)40)15-27(12-24,14-25)30-19(34)4-8-23(41)42/h9-15H2,(H,28,32)(H,29,33)(H,30,34)(H,35,36)(H,37,38)(H,39,40)(H,41,42). The molecule has 15 nitrogen and oxygen atoms in total. The third kappa shape index (κ3) is 7.65. The largest absolute Gasteiger partial charge is 0.472 e. The van der Waals surface area contributed by atoms with Gasteiger partial charge < -0.3 is 36.4 Å². The molecule has 4 aliphatic carbocycles. The first-order valence-corrected chi connectivity index (χ1v) is 12.0. The molecule has 15 heteroatoms. The number of aliphatic carboxylic acids is 4. The molecule has 4 saturated carbocycles. The minimum absolute atomic E-state index is 0.0316. The third-order valence-electron chi connectivity index (χ3n) is 7.00. The van der Waals surface area contributed by atoms with Gasteiger partial charge in [-0.05, 0) is 49.9 Å². The van der Waals surface area contributed by atoms with Crippen molar-refractivity contribution in [3.05, 3.63) is 0 Å². The fourth-order valence-corrected chi connectivity index (χ4v) is 7.09. The van der Waals surface area contributed by atoms with Crippen LogP contribution in [0.3, 0.4) is 0 Å². The fourth-order valence-electron chi connectivity index (χ4n) is 7.09. The zero-order valence-electron chi connectivity index (χ0n) is 21.5. The van der Waals surface area contributed by atoms with Crippen LogP contribution in [0, 0.1) is 52.8 Å². The summed E-state index contributed by atoms with van der Waals surface area (Å²) in [5.41, 5.74) is -5.20. The molecule has 42 heavy (non-hydrogen) atoms. The number of amides is 3. The van der Waals surface area contributed by atoms with Crippen molar-refractivity contribution in [3.63, 3.8) is 0 Å².